The number of carbonyl (C=O) groups excluding carboxylic acids is 2. The molecule has 0 aliphatic carbocycles. The third-order valence-electron chi connectivity index (χ3n) is 4.19. The SMILES string of the molecule is NC(=O)C1CN(C(=O)c2ccccc2OCc2ccc(Cl)cc2Cl)CCO1. The summed E-state index contributed by atoms with van der Waals surface area (Å²) in [5.41, 5.74) is 6.44. The fourth-order valence-corrected chi connectivity index (χ4v) is 3.20. The van der Waals surface area contributed by atoms with Crippen LogP contribution in [-0.2, 0) is 16.1 Å². The average Bonchev–Trinajstić information content (AvgIpc) is 2.67. The standard InChI is InChI=1S/C19H18Cl2N2O4/c20-13-6-5-12(15(21)9-13)11-27-16-4-2-1-3-14(16)19(25)23-7-8-26-17(10-23)18(22)24/h1-6,9,17H,7-8,10-11H2,(H2,22,24). The number of rotatable bonds is 5. The van der Waals surface area contributed by atoms with E-state index in [0.717, 1.165) is 5.56 Å². The number of para-hydroxylation sites is 1. The highest BCUT2D eigenvalue weighted by Gasteiger charge is 2.29. The van der Waals surface area contributed by atoms with Crippen LogP contribution in [0.2, 0.25) is 10.0 Å². The van der Waals surface area contributed by atoms with Gasteiger partial charge in [0.2, 0.25) is 5.91 Å². The van der Waals surface area contributed by atoms with Crippen LogP contribution in [0.4, 0.5) is 0 Å². The zero-order chi connectivity index (χ0) is 19.4. The molecule has 0 radical (unpaired) electrons. The molecular weight excluding hydrogens is 391 g/mol. The first-order chi connectivity index (χ1) is 13.0. The number of nitrogens with zero attached hydrogens (tertiary/aromatic N) is 1. The molecular formula is C19H18Cl2N2O4. The smallest absolute Gasteiger partial charge is 0.257 e. The summed E-state index contributed by atoms with van der Waals surface area (Å²) in [5, 5.41) is 1.03. The summed E-state index contributed by atoms with van der Waals surface area (Å²) in [6, 6.07) is 12.0. The first-order valence-electron chi connectivity index (χ1n) is 8.31. The second-order valence-corrected chi connectivity index (χ2v) is 6.88. The first kappa shape index (κ1) is 19.5. The maximum atomic E-state index is 12.9. The number of hydrogen-bond acceptors (Lipinski definition) is 4. The number of hydrogen-bond donors (Lipinski definition) is 1. The second kappa shape index (κ2) is 8.61. The van der Waals surface area contributed by atoms with E-state index in [1.165, 1.54) is 4.90 Å². The lowest BCUT2D eigenvalue weighted by atomic mass is 10.1. The minimum Gasteiger partial charge on any atom is -0.488 e. The summed E-state index contributed by atoms with van der Waals surface area (Å²) in [6.07, 6.45) is -0.802. The normalized spacial score (nSPS) is 16.8. The zero-order valence-electron chi connectivity index (χ0n) is 14.4. The van der Waals surface area contributed by atoms with Gasteiger partial charge in [0.15, 0.2) is 6.10 Å². The third-order valence-corrected chi connectivity index (χ3v) is 4.77. The Balaban J connectivity index is 1.75. The molecule has 0 aromatic heterocycles. The number of halogens is 2. The highest BCUT2D eigenvalue weighted by molar-refractivity contribution is 6.35. The van der Waals surface area contributed by atoms with E-state index in [0.29, 0.717) is 27.9 Å². The average molecular weight is 409 g/mol. The summed E-state index contributed by atoms with van der Waals surface area (Å²) in [6.45, 7) is 0.932. The molecule has 1 heterocycles. The fraction of sp³-hybridized carbons (Fsp3) is 0.263. The summed E-state index contributed by atoms with van der Waals surface area (Å²) in [4.78, 5) is 25.8. The highest BCUT2D eigenvalue weighted by atomic mass is 35.5. The van der Waals surface area contributed by atoms with Gasteiger partial charge in [0.05, 0.1) is 18.7 Å². The quantitative estimate of drug-likeness (QED) is 0.824. The van der Waals surface area contributed by atoms with Crippen molar-refractivity contribution in [3.05, 3.63) is 63.6 Å². The number of morpholine rings is 1. The molecule has 6 nitrogen and oxygen atoms in total. The lowest BCUT2D eigenvalue weighted by Gasteiger charge is -2.31. The Morgan fingerprint density at radius 2 is 2.00 bits per heavy atom. The molecule has 1 aliphatic heterocycles. The molecule has 1 aliphatic rings. The van der Waals surface area contributed by atoms with Crippen molar-refractivity contribution in [2.45, 2.75) is 12.7 Å². The van der Waals surface area contributed by atoms with Gasteiger partial charge in [0, 0.05) is 22.2 Å². The third kappa shape index (κ3) is 4.71. The number of primary amides is 1. The molecule has 2 N–H and O–H groups in total. The van der Waals surface area contributed by atoms with Crippen LogP contribution in [0.3, 0.4) is 0 Å². The molecule has 1 atom stereocenters. The lowest BCUT2D eigenvalue weighted by Crippen LogP contribution is -2.50. The molecule has 2 aromatic carbocycles. The van der Waals surface area contributed by atoms with E-state index < -0.39 is 12.0 Å². The monoisotopic (exact) mass is 408 g/mol. The van der Waals surface area contributed by atoms with Gasteiger partial charge in [-0.2, -0.15) is 0 Å². The molecule has 1 saturated heterocycles. The number of amides is 2. The predicted octanol–water partition coefficient (Wildman–Crippen LogP) is 2.90. The topological polar surface area (TPSA) is 81.9 Å². The molecule has 2 aromatic rings. The van der Waals surface area contributed by atoms with E-state index in [1.54, 1.807) is 42.5 Å². The molecule has 0 spiro atoms. The Morgan fingerprint density at radius 3 is 2.74 bits per heavy atom. The van der Waals surface area contributed by atoms with Crippen LogP contribution < -0.4 is 10.5 Å². The molecule has 1 unspecified atom stereocenters. The van der Waals surface area contributed by atoms with Gasteiger partial charge in [-0.1, -0.05) is 41.4 Å². The van der Waals surface area contributed by atoms with Gasteiger partial charge >= 0.3 is 0 Å². The van der Waals surface area contributed by atoms with Gasteiger partial charge in [0.25, 0.3) is 5.91 Å². The van der Waals surface area contributed by atoms with Crippen molar-refractivity contribution in [1.29, 1.82) is 0 Å². The molecule has 1 fully saturated rings. The van der Waals surface area contributed by atoms with Crippen LogP contribution in [0.25, 0.3) is 0 Å². The maximum Gasteiger partial charge on any atom is 0.257 e. The molecule has 0 bridgehead atoms. The number of ether oxygens (including phenoxy) is 2. The Bertz CT molecular complexity index is 859. The summed E-state index contributed by atoms with van der Waals surface area (Å²) < 4.78 is 11.1. The minimum atomic E-state index is -0.802. The molecule has 0 saturated carbocycles. The number of benzene rings is 2. The van der Waals surface area contributed by atoms with Crippen LogP contribution in [0.1, 0.15) is 15.9 Å². The molecule has 8 heteroatoms. The largest absolute Gasteiger partial charge is 0.488 e. The maximum absolute atomic E-state index is 12.9. The van der Waals surface area contributed by atoms with Crippen LogP contribution in [-0.4, -0.2) is 42.5 Å². The Hall–Kier alpha value is -2.28. The van der Waals surface area contributed by atoms with Gasteiger partial charge in [-0.05, 0) is 24.3 Å². The van der Waals surface area contributed by atoms with E-state index in [1.807, 2.05) is 0 Å². The predicted molar refractivity (Wildman–Crippen MR) is 102 cm³/mol. The van der Waals surface area contributed by atoms with E-state index in [2.05, 4.69) is 0 Å². The van der Waals surface area contributed by atoms with Crippen molar-refractivity contribution in [3.8, 4) is 5.75 Å². The van der Waals surface area contributed by atoms with Gasteiger partial charge in [-0.15, -0.1) is 0 Å². The minimum absolute atomic E-state index is 0.117. The molecule has 3 rings (SSSR count). The lowest BCUT2D eigenvalue weighted by molar-refractivity contribution is -0.133. The second-order valence-electron chi connectivity index (χ2n) is 6.03. The summed E-state index contributed by atoms with van der Waals surface area (Å²) >= 11 is 12.1. The van der Waals surface area contributed by atoms with E-state index in [9.17, 15) is 9.59 Å². The first-order valence-corrected chi connectivity index (χ1v) is 9.07. The molecule has 27 heavy (non-hydrogen) atoms. The van der Waals surface area contributed by atoms with Gasteiger partial charge in [0.1, 0.15) is 12.4 Å². The van der Waals surface area contributed by atoms with Gasteiger partial charge < -0.3 is 20.1 Å². The van der Waals surface area contributed by atoms with E-state index in [4.69, 9.17) is 38.4 Å². The fourth-order valence-electron chi connectivity index (χ4n) is 2.74. The Kier molecular flexibility index (Phi) is 6.21. The van der Waals surface area contributed by atoms with E-state index in [-0.39, 0.29) is 25.7 Å². The van der Waals surface area contributed by atoms with Crippen molar-refractivity contribution >= 4 is 35.0 Å². The summed E-state index contributed by atoms with van der Waals surface area (Å²) in [7, 11) is 0. The van der Waals surface area contributed by atoms with E-state index >= 15 is 0 Å². The van der Waals surface area contributed by atoms with Crippen molar-refractivity contribution < 1.29 is 19.1 Å². The van der Waals surface area contributed by atoms with Crippen LogP contribution >= 0.6 is 23.2 Å². The molecule has 142 valence electrons. The number of carbonyl (C=O) groups is 2. The number of nitrogens with two attached hydrogens (primary N) is 1. The van der Waals surface area contributed by atoms with Crippen molar-refractivity contribution in [2.75, 3.05) is 19.7 Å². The van der Waals surface area contributed by atoms with Crippen LogP contribution in [0, 0.1) is 0 Å². The van der Waals surface area contributed by atoms with Crippen molar-refractivity contribution in [2.24, 2.45) is 5.73 Å². The van der Waals surface area contributed by atoms with Crippen molar-refractivity contribution in [1.82, 2.24) is 4.90 Å². The molecule has 2 amide bonds. The van der Waals surface area contributed by atoms with Gasteiger partial charge in [-0.3, -0.25) is 9.59 Å². The zero-order valence-corrected chi connectivity index (χ0v) is 15.9. The Morgan fingerprint density at radius 1 is 1.22 bits per heavy atom. The highest BCUT2D eigenvalue weighted by Crippen LogP contribution is 2.25. The van der Waals surface area contributed by atoms with Gasteiger partial charge in [-0.25, -0.2) is 0 Å². The van der Waals surface area contributed by atoms with Crippen LogP contribution in [0.5, 0.6) is 5.75 Å². The van der Waals surface area contributed by atoms with Crippen molar-refractivity contribution in [3.63, 3.8) is 0 Å². The Labute approximate surface area is 166 Å². The summed E-state index contributed by atoms with van der Waals surface area (Å²) in [5.74, 6) is -0.410. The van der Waals surface area contributed by atoms with Crippen LogP contribution in [0.15, 0.2) is 42.5 Å².